The maximum atomic E-state index is 12.5. The third-order valence-corrected chi connectivity index (χ3v) is 4.10. The largest absolute Gasteiger partial charge is 0.338 e. The van der Waals surface area contributed by atoms with E-state index < -0.39 is 0 Å². The number of nitrogens with zero attached hydrogens (tertiary/aromatic N) is 2. The molecule has 0 spiro atoms. The van der Waals surface area contributed by atoms with E-state index in [0.717, 1.165) is 5.56 Å². The van der Waals surface area contributed by atoms with Gasteiger partial charge in [0.15, 0.2) is 0 Å². The van der Waals surface area contributed by atoms with Crippen LogP contribution in [0.1, 0.15) is 18.3 Å². The fraction of sp³-hybridized carbons (Fsp3) is 0.200. The van der Waals surface area contributed by atoms with Gasteiger partial charge < -0.3 is 15.2 Å². The predicted molar refractivity (Wildman–Crippen MR) is 103 cm³/mol. The van der Waals surface area contributed by atoms with E-state index in [-0.39, 0.29) is 30.3 Å². The number of carbonyl (C=O) groups is 2. The molecular weight excluding hydrogens is 344 g/mol. The molecule has 0 radical (unpaired) electrons. The van der Waals surface area contributed by atoms with E-state index in [1.165, 1.54) is 11.8 Å². The molecule has 0 aliphatic heterocycles. The fourth-order valence-corrected chi connectivity index (χ4v) is 2.74. The van der Waals surface area contributed by atoms with Crippen molar-refractivity contribution in [3.63, 3.8) is 0 Å². The van der Waals surface area contributed by atoms with E-state index in [9.17, 15) is 14.4 Å². The zero-order valence-corrected chi connectivity index (χ0v) is 15.2. The number of hydrogen-bond acceptors (Lipinski definition) is 4. The van der Waals surface area contributed by atoms with Crippen molar-refractivity contribution in [3.05, 3.63) is 70.3 Å². The average molecular weight is 364 g/mol. The fourth-order valence-electron chi connectivity index (χ4n) is 2.74. The van der Waals surface area contributed by atoms with Crippen LogP contribution in [0.15, 0.2) is 53.3 Å². The van der Waals surface area contributed by atoms with Gasteiger partial charge in [-0.25, -0.2) is 4.98 Å². The Morgan fingerprint density at radius 1 is 1.11 bits per heavy atom. The average Bonchev–Trinajstić information content (AvgIpc) is 2.63. The molecule has 0 unspecified atom stereocenters. The third kappa shape index (κ3) is 4.58. The Bertz CT molecular complexity index is 1040. The van der Waals surface area contributed by atoms with Crippen molar-refractivity contribution in [3.8, 4) is 0 Å². The van der Waals surface area contributed by atoms with Gasteiger partial charge in [0.25, 0.3) is 5.56 Å². The third-order valence-electron chi connectivity index (χ3n) is 4.10. The molecule has 3 aromatic rings. The maximum Gasteiger partial charge on any atom is 0.258 e. The van der Waals surface area contributed by atoms with E-state index in [2.05, 4.69) is 15.3 Å². The molecule has 0 aliphatic carbocycles. The Labute approximate surface area is 156 Å². The number of likely N-dealkylation sites (N-methyl/N-ethyl adjacent to an activating group) is 1. The standard InChI is InChI=1S/C20H20N4O3/c1-13(25)21-15-9-7-14(8-10-15)11-19(26)24(2)12-18-22-17-6-4-3-5-16(17)20(27)23-18/h3-10H,11-12H2,1-2H3,(H,21,25)(H,22,23,27). The summed E-state index contributed by atoms with van der Waals surface area (Å²) >= 11 is 0. The molecule has 2 aromatic carbocycles. The van der Waals surface area contributed by atoms with Crippen molar-refractivity contribution in [1.82, 2.24) is 14.9 Å². The molecule has 0 atom stereocenters. The van der Waals surface area contributed by atoms with Gasteiger partial charge in [0, 0.05) is 19.7 Å². The summed E-state index contributed by atoms with van der Waals surface area (Å²) in [4.78, 5) is 44.3. The predicted octanol–water partition coefficient (Wildman–Crippen LogP) is 2.08. The lowest BCUT2D eigenvalue weighted by molar-refractivity contribution is -0.129. The Morgan fingerprint density at radius 3 is 2.52 bits per heavy atom. The zero-order chi connectivity index (χ0) is 19.4. The van der Waals surface area contributed by atoms with Crippen LogP contribution in [0, 0.1) is 0 Å². The highest BCUT2D eigenvalue weighted by atomic mass is 16.2. The number of rotatable bonds is 5. The number of amides is 2. The Kier molecular flexibility index (Phi) is 5.30. The lowest BCUT2D eigenvalue weighted by Gasteiger charge is -2.17. The molecule has 0 aliphatic rings. The summed E-state index contributed by atoms with van der Waals surface area (Å²) in [6.45, 7) is 1.65. The first-order valence-electron chi connectivity index (χ1n) is 8.51. The van der Waals surface area contributed by atoms with Crippen molar-refractivity contribution in [2.45, 2.75) is 19.9 Å². The highest BCUT2D eigenvalue weighted by Crippen LogP contribution is 2.12. The Morgan fingerprint density at radius 2 is 1.81 bits per heavy atom. The SMILES string of the molecule is CC(=O)Nc1ccc(CC(=O)N(C)Cc2nc3ccccc3c(=O)[nH]2)cc1. The van der Waals surface area contributed by atoms with Gasteiger partial charge in [0.05, 0.1) is 23.9 Å². The maximum absolute atomic E-state index is 12.5. The second-order valence-electron chi connectivity index (χ2n) is 6.33. The van der Waals surface area contributed by atoms with E-state index in [1.54, 1.807) is 49.5 Å². The van der Waals surface area contributed by atoms with Crippen molar-refractivity contribution in [2.75, 3.05) is 12.4 Å². The Hall–Kier alpha value is -3.48. The second-order valence-corrected chi connectivity index (χ2v) is 6.33. The van der Waals surface area contributed by atoms with Crippen LogP contribution in [0.4, 0.5) is 5.69 Å². The van der Waals surface area contributed by atoms with Gasteiger partial charge in [-0.3, -0.25) is 14.4 Å². The first-order valence-corrected chi connectivity index (χ1v) is 8.51. The number of hydrogen-bond donors (Lipinski definition) is 2. The van der Waals surface area contributed by atoms with Gasteiger partial charge >= 0.3 is 0 Å². The topological polar surface area (TPSA) is 95.2 Å². The molecule has 138 valence electrons. The summed E-state index contributed by atoms with van der Waals surface area (Å²) in [6, 6.07) is 14.2. The molecule has 3 rings (SSSR count). The van der Waals surface area contributed by atoms with Crippen molar-refractivity contribution >= 4 is 28.4 Å². The minimum Gasteiger partial charge on any atom is -0.338 e. The van der Waals surface area contributed by atoms with Crippen molar-refractivity contribution in [2.24, 2.45) is 0 Å². The van der Waals surface area contributed by atoms with Crippen molar-refractivity contribution < 1.29 is 9.59 Å². The van der Waals surface area contributed by atoms with Crippen LogP contribution in [-0.2, 0) is 22.6 Å². The molecule has 0 fully saturated rings. The molecule has 0 saturated heterocycles. The minimum absolute atomic E-state index is 0.0990. The van der Waals surface area contributed by atoms with E-state index in [0.29, 0.717) is 22.4 Å². The highest BCUT2D eigenvalue weighted by Gasteiger charge is 2.12. The second kappa shape index (κ2) is 7.82. The molecule has 2 amide bonds. The number of benzene rings is 2. The number of nitrogens with one attached hydrogen (secondary N) is 2. The summed E-state index contributed by atoms with van der Waals surface area (Å²) in [5, 5.41) is 3.21. The van der Waals surface area contributed by atoms with Crippen LogP contribution in [0.3, 0.4) is 0 Å². The first-order chi connectivity index (χ1) is 12.9. The number of aromatic nitrogens is 2. The molecule has 7 heteroatoms. The number of H-pyrrole nitrogens is 1. The summed E-state index contributed by atoms with van der Waals surface area (Å²) in [7, 11) is 1.67. The number of carbonyl (C=O) groups excluding carboxylic acids is 2. The van der Waals surface area contributed by atoms with Crippen molar-refractivity contribution in [1.29, 1.82) is 0 Å². The van der Waals surface area contributed by atoms with E-state index >= 15 is 0 Å². The Balaban J connectivity index is 1.67. The van der Waals surface area contributed by atoms with Crippen LogP contribution in [0.2, 0.25) is 0 Å². The number of aromatic amines is 1. The highest BCUT2D eigenvalue weighted by molar-refractivity contribution is 5.88. The normalized spacial score (nSPS) is 10.6. The van der Waals surface area contributed by atoms with Gasteiger partial charge in [-0.1, -0.05) is 24.3 Å². The molecule has 2 N–H and O–H groups in total. The lowest BCUT2D eigenvalue weighted by Crippen LogP contribution is -2.29. The quantitative estimate of drug-likeness (QED) is 0.725. The van der Waals surface area contributed by atoms with Crippen LogP contribution >= 0.6 is 0 Å². The molecule has 0 bridgehead atoms. The van der Waals surface area contributed by atoms with Gasteiger partial charge in [-0.05, 0) is 29.8 Å². The monoisotopic (exact) mass is 364 g/mol. The summed E-state index contributed by atoms with van der Waals surface area (Å²) in [5.74, 6) is 0.198. The number of fused-ring (bicyclic) bond motifs is 1. The molecule has 27 heavy (non-hydrogen) atoms. The molecule has 1 aromatic heterocycles. The van der Waals surface area contributed by atoms with E-state index in [1.807, 2.05) is 6.07 Å². The van der Waals surface area contributed by atoms with Gasteiger partial charge in [0.2, 0.25) is 11.8 Å². The van der Waals surface area contributed by atoms with Crippen LogP contribution < -0.4 is 10.9 Å². The van der Waals surface area contributed by atoms with Gasteiger partial charge in [-0.2, -0.15) is 0 Å². The lowest BCUT2D eigenvalue weighted by atomic mass is 10.1. The summed E-state index contributed by atoms with van der Waals surface area (Å²) in [5.41, 5.74) is 1.90. The minimum atomic E-state index is -0.218. The molecule has 1 heterocycles. The molecular formula is C20H20N4O3. The van der Waals surface area contributed by atoms with Gasteiger partial charge in [0.1, 0.15) is 5.82 Å². The zero-order valence-electron chi connectivity index (χ0n) is 15.2. The molecule has 0 saturated carbocycles. The number of para-hydroxylation sites is 1. The van der Waals surface area contributed by atoms with E-state index in [4.69, 9.17) is 0 Å². The first kappa shape index (κ1) is 18.3. The smallest absolute Gasteiger partial charge is 0.258 e. The summed E-state index contributed by atoms with van der Waals surface area (Å²) in [6.07, 6.45) is 0.217. The summed E-state index contributed by atoms with van der Waals surface area (Å²) < 4.78 is 0. The van der Waals surface area contributed by atoms with Crippen LogP contribution in [0.5, 0.6) is 0 Å². The van der Waals surface area contributed by atoms with Gasteiger partial charge in [-0.15, -0.1) is 0 Å². The van der Waals surface area contributed by atoms with Crippen LogP contribution in [0.25, 0.3) is 10.9 Å². The number of anilines is 1. The molecule has 7 nitrogen and oxygen atoms in total. The van der Waals surface area contributed by atoms with Crippen LogP contribution in [-0.4, -0.2) is 33.7 Å².